The van der Waals surface area contributed by atoms with Crippen LogP contribution in [0, 0.1) is 0 Å². The summed E-state index contributed by atoms with van der Waals surface area (Å²) >= 11 is 0. The van der Waals surface area contributed by atoms with E-state index in [1.165, 1.54) is 0 Å². The van der Waals surface area contributed by atoms with Crippen molar-refractivity contribution in [2.24, 2.45) is 4.99 Å². The van der Waals surface area contributed by atoms with E-state index in [2.05, 4.69) is 39.9 Å². The third kappa shape index (κ3) is 6.49. The third-order valence-electron chi connectivity index (χ3n) is 3.82. The molecule has 2 N–H and O–H groups in total. The maximum Gasteiger partial charge on any atom is 0.196 e. The van der Waals surface area contributed by atoms with Crippen LogP contribution in [0.5, 0.6) is 11.5 Å². The summed E-state index contributed by atoms with van der Waals surface area (Å²) in [5.41, 5.74) is 3.17. The molecule has 2 aromatic carbocycles. The molecular formula is C21H29N3O3. The smallest absolute Gasteiger partial charge is 0.196 e. The van der Waals surface area contributed by atoms with Crippen molar-refractivity contribution >= 4 is 11.6 Å². The average Bonchev–Trinajstić information content (AvgIpc) is 2.68. The molecule has 0 aliphatic carbocycles. The van der Waals surface area contributed by atoms with Crippen molar-refractivity contribution in [1.29, 1.82) is 0 Å². The largest absolute Gasteiger partial charge is 0.493 e. The summed E-state index contributed by atoms with van der Waals surface area (Å²) in [6.45, 7) is 6.53. The summed E-state index contributed by atoms with van der Waals surface area (Å²) < 4.78 is 16.1. The number of guanidine groups is 1. The van der Waals surface area contributed by atoms with E-state index in [0.717, 1.165) is 23.4 Å². The number of hydrogen-bond acceptors (Lipinski definition) is 4. The zero-order chi connectivity index (χ0) is 19.5. The topological polar surface area (TPSA) is 64.1 Å². The van der Waals surface area contributed by atoms with Gasteiger partial charge in [-0.1, -0.05) is 24.3 Å². The van der Waals surface area contributed by atoms with Crippen molar-refractivity contribution in [1.82, 2.24) is 5.32 Å². The van der Waals surface area contributed by atoms with E-state index >= 15 is 0 Å². The minimum atomic E-state index is 0.576. The van der Waals surface area contributed by atoms with Gasteiger partial charge in [-0.05, 0) is 37.1 Å². The van der Waals surface area contributed by atoms with Gasteiger partial charge in [0, 0.05) is 25.4 Å². The first-order valence-electron chi connectivity index (χ1n) is 9.13. The predicted octanol–water partition coefficient (Wildman–Crippen LogP) is 3.82. The molecule has 0 amide bonds. The number of rotatable bonds is 9. The van der Waals surface area contributed by atoms with Gasteiger partial charge in [0.15, 0.2) is 17.5 Å². The van der Waals surface area contributed by atoms with Crippen molar-refractivity contribution in [3.63, 3.8) is 0 Å². The summed E-state index contributed by atoms with van der Waals surface area (Å²) in [6.07, 6.45) is 0. The fourth-order valence-electron chi connectivity index (χ4n) is 2.54. The molecule has 6 nitrogen and oxygen atoms in total. The number of benzene rings is 2. The lowest BCUT2D eigenvalue weighted by Crippen LogP contribution is -2.30. The fourth-order valence-corrected chi connectivity index (χ4v) is 2.54. The molecule has 0 heterocycles. The SMILES string of the molecule is CCNC(=NCc1ccc(COC)cc1)Nc1ccc(OC)c(OCC)c1. The van der Waals surface area contributed by atoms with Crippen molar-refractivity contribution in [3.05, 3.63) is 53.6 Å². The van der Waals surface area contributed by atoms with Crippen molar-refractivity contribution in [2.45, 2.75) is 27.0 Å². The van der Waals surface area contributed by atoms with Gasteiger partial charge >= 0.3 is 0 Å². The van der Waals surface area contributed by atoms with Gasteiger partial charge in [0.25, 0.3) is 0 Å². The van der Waals surface area contributed by atoms with Gasteiger partial charge < -0.3 is 24.8 Å². The van der Waals surface area contributed by atoms with Crippen molar-refractivity contribution < 1.29 is 14.2 Å². The second-order valence-electron chi connectivity index (χ2n) is 5.87. The third-order valence-corrected chi connectivity index (χ3v) is 3.82. The van der Waals surface area contributed by atoms with Crippen LogP contribution in [0.1, 0.15) is 25.0 Å². The molecule has 2 rings (SSSR count). The molecule has 6 heteroatoms. The number of ether oxygens (including phenoxy) is 3. The number of aliphatic imine (C=N–C) groups is 1. The highest BCUT2D eigenvalue weighted by Gasteiger charge is 2.07. The number of anilines is 1. The summed E-state index contributed by atoms with van der Waals surface area (Å²) in [5.74, 6) is 2.13. The minimum Gasteiger partial charge on any atom is -0.493 e. The van der Waals surface area contributed by atoms with Crippen molar-refractivity contribution in [2.75, 3.05) is 32.7 Å². The Kier molecular flexibility index (Phi) is 8.45. The monoisotopic (exact) mass is 371 g/mol. The quantitative estimate of drug-likeness (QED) is 0.518. The van der Waals surface area contributed by atoms with Crippen LogP contribution in [-0.4, -0.2) is 33.3 Å². The molecule has 0 bridgehead atoms. The van der Waals surface area contributed by atoms with Crippen LogP contribution in [-0.2, 0) is 17.9 Å². The molecule has 0 atom stereocenters. The summed E-state index contributed by atoms with van der Waals surface area (Å²) in [5, 5.41) is 6.58. The minimum absolute atomic E-state index is 0.576. The predicted molar refractivity (Wildman–Crippen MR) is 110 cm³/mol. The molecule has 0 aliphatic heterocycles. The first kappa shape index (κ1) is 20.6. The number of nitrogens with zero attached hydrogens (tertiary/aromatic N) is 1. The Morgan fingerprint density at radius 1 is 0.963 bits per heavy atom. The van der Waals surface area contributed by atoms with Gasteiger partial charge in [0.2, 0.25) is 0 Å². The van der Waals surface area contributed by atoms with Crippen LogP contribution in [0.25, 0.3) is 0 Å². The van der Waals surface area contributed by atoms with Gasteiger partial charge in [0.05, 0.1) is 26.9 Å². The maximum absolute atomic E-state index is 5.63. The van der Waals surface area contributed by atoms with E-state index < -0.39 is 0 Å². The summed E-state index contributed by atoms with van der Waals surface area (Å²) in [4.78, 5) is 4.66. The van der Waals surface area contributed by atoms with Crippen LogP contribution in [0.3, 0.4) is 0 Å². The lowest BCUT2D eigenvalue weighted by Gasteiger charge is -2.14. The Balaban J connectivity index is 2.09. The van der Waals surface area contributed by atoms with Crippen LogP contribution in [0.4, 0.5) is 5.69 Å². The number of methoxy groups -OCH3 is 2. The molecule has 0 fully saturated rings. The lowest BCUT2D eigenvalue weighted by atomic mass is 10.1. The van der Waals surface area contributed by atoms with Crippen molar-refractivity contribution in [3.8, 4) is 11.5 Å². The highest BCUT2D eigenvalue weighted by atomic mass is 16.5. The standard InChI is InChI=1S/C21H29N3O3/c1-5-22-21(23-14-16-7-9-17(10-8-16)15-25-3)24-18-11-12-19(26-4)20(13-18)27-6-2/h7-13H,5-6,14-15H2,1-4H3,(H2,22,23,24). The first-order valence-corrected chi connectivity index (χ1v) is 9.13. The van der Waals surface area contributed by atoms with E-state index in [-0.39, 0.29) is 0 Å². The molecule has 0 aromatic heterocycles. The van der Waals surface area contributed by atoms with Gasteiger partial charge in [-0.3, -0.25) is 0 Å². The van der Waals surface area contributed by atoms with E-state index in [1.807, 2.05) is 32.0 Å². The molecular weight excluding hydrogens is 342 g/mol. The maximum atomic E-state index is 5.63. The van der Waals surface area contributed by atoms with Gasteiger partial charge in [-0.15, -0.1) is 0 Å². The molecule has 0 radical (unpaired) electrons. The summed E-state index contributed by atoms with van der Waals surface area (Å²) in [6, 6.07) is 14.0. The number of nitrogens with one attached hydrogen (secondary N) is 2. The van der Waals surface area contributed by atoms with Gasteiger partial charge in [0.1, 0.15) is 0 Å². The lowest BCUT2D eigenvalue weighted by molar-refractivity contribution is 0.185. The fraction of sp³-hybridized carbons (Fsp3) is 0.381. The van der Waals surface area contributed by atoms with Gasteiger partial charge in [-0.2, -0.15) is 0 Å². The van der Waals surface area contributed by atoms with Crippen LogP contribution >= 0.6 is 0 Å². The highest BCUT2D eigenvalue weighted by Crippen LogP contribution is 2.30. The molecule has 2 aromatic rings. The molecule has 0 spiro atoms. The van der Waals surface area contributed by atoms with Crippen LogP contribution in [0.2, 0.25) is 0 Å². The molecule has 146 valence electrons. The van der Waals surface area contributed by atoms with Gasteiger partial charge in [-0.25, -0.2) is 4.99 Å². The Bertz CT molecular complexity index is 730. The molecule has 0 unspecified atom stereocenters. The average molecular weight is 371 g/mol. The zero-order valence-electron chi connectivity index (χ0n) is 16.5. The zero-order valence-corrected chi connectivity index (χ0v) is 16.5. The number of hydrogen-bond donors (Lipinski definition) is 2. The van der Waals surface area contributed by atoms with Crippen LogP contribution < -0.4 is 20.1 Å². The van der Waals surface area contributed by atoms with Crippen LogP contribution in [0.15, 0.2) is 47.5 Å². The van der Waals surface area contributed by atoms with E-state index in [0.29, 0.717) is 37.2 Å². The Morgan fingerprint density at radius 2 is 1.70 bits per heavy atom. The Labute approximate surface area is 161 Å². The van der Waals surface area contributed by atoms with E-state index in [1.54, 1.807) is 14.2 Å². The Morgan fingerprint density at radius 3 is 2.33 bits per heavy atom. The highest BCUT2D eigenvalue weighted by molar-refractivity contribution is 5.93. The summed E-state index contributed by atoms with van der Waals surface area (Å²) in [7, 11) is 3.33. The van der Waals surface area contributed by atoms with E-state index in [9.17, 15) is 0 Å². The molecule has 0 saturated heterocycles. The Hall–Kier alpha value is -2.73. The molecule has 27 heavy (non-hydrogen) atoms. The molecule has 0 saturated carbocycles. The molecule has 0 aliphatic rings. The van der Waals surface area contributed by atoms with E-state index in [4.69, 9.17) is 14.2 Å². The second kappa shape index (κ2) is 11.1. The normalized spacial score (nSPS) is 11.2. The first-order chi connectivity index (χ1) is 13.2. The second-order valence-corrected chi connectivity index (χ2v) is 5.87.